The molecule has 3 saturated heterocycles. The van der Waals surface area contributed by atoms with Crippen molar-refractivity contribution in [1.29, 1.82) is 5.26 Å². The van der Waals surface area contributed by atoms with Crippen molar-refractivity contribution < 1.29 is 28.3 Å². The average Bonchev–Trinajstić information content (AvgIpc) is 3.20. The first-order chi connectivity index (χ1) is 20.0. The van der Waals surface area contributed by atoms with Gasteiger partial charge in [0.2, 0.25) is 11.8 Å². The lowest BCUT2D eigenvalue weighted by Crippen LogP contribution is -2.70. The number of nitrogens with one attached hydrogen (secondary N) is 2. The largest absolute Gasteiger partial charge is 0.372 e. The fourth-order valence-corrected chi connectivity index (χ4v) is 7.55. The molecular formula is C30H28Cl2F2N4O4. The molecule has 12 heteroatoms. The molecule has 2 bridgehead atoms. The molecule has 5 aliphatic rings. The SMILES string of the molecule is N#C[C@H](C[C@@H]1CCCNC1=O)NC(=O)[C@H]1[C@H]2CC[C@H](CC2(F)F)N1C(=O)C1(O)c2cc(Cl)ccc2-c2ccc(Cl)cc21. The Kier molecular flexibility index (Phi) is 7.19. The Balaban J connectivity index is 1.38. The molecule has 4 fully saturated rings. The van der Waals surface area contributed by atoms with Crippen molar-refractivity contribution in [3.05, 3.63) is 57.6 Å². The molecule has 0 radical (unpaired) electrons. The van der Waals surface area contributed by atoms with E-state index in [2.05, 4.69) is 10.6 Å². The Morgan fingerprint density at radius 2 is 1.76 bits per heavy atom. The highest BCUT2D eigenvalue weighted by atomic mass is 35.5. The summed E-state index contributed by atoms with van der Waals surface area (Å²) in [6.07, 6.45) is 0.831. The summed E-state index contributed by atoms with van der Waals surface area (Å²) < 4.78 is 30.6. The van der Waals surface area contributed by atoms with Crippen LogP contribution in [-0.4, -0.2) is 58.3 Å². The fraction of sp³-hybridized carbons (Fsp3) is 0.467. The number of alkyl halides is 2. The van der Waals surface area contributed by atoms with E-state index in [0.717, 1.165) is 11.3 Å². The number of nitrogens with zero attached hydrogens (tertiary/aromatic N) is 2. The van der Waals surface area contributed by atoms with Crippen molar-refractivity contribution in [2.24, 2.45) is 11.8 Å². The summed E-state index contributed by atoms with van der Waals surface area (Å²) in [4.78, 5) is 41.7. The van der Waals surface area contributed by atoms with Gasteiger partial charge in [-0.1, -0.05) is 35.3 Å². The first kappa shape index (κ1) is 28.8. The monoisotopic (exact) mass is 616 g/mol. The number of hydrogen-bond donors (Lipinski definition) is 3. The number of nitriles is 1. The molecule has 8 nitrogen and oxygen atoms in total. The van der Waals surface area contributed by atoms with Gasteiger partial charge in [0.1, 0.15) is 12.1 Å². The van der Waals surface area contributed by atoms with Gasteiger partial charge in [0, 0.05) is 46.1 Å². The minimum atomic E-state index is -3.24. The summed E-state index contributed by atoms with van der Waals surface area (Å²) in [6, 6.07) is 7.61. The second-order valence-electron chi connectivity index (χ2n) is 11.6. The summed E-state index contributed by atoms with van der Waals surface area (Å²) in [6.45, 7) is 0.530. The number of benzene rings is 2. The quantitative estimate of drug-likeness (QED) is 0.466. The number of rotatable bonds is 5. The molecule has 2 aromatic carbocycles. The Morgan fingerprint density at radius 1 is 1.12 bits per heavy atom. The molecule has 3 N–H and O–H groups in total. The van der Waals surface area contributed by atoms with Crippen molar-refractivity contribution in [3.63, 3.8) is 0 Å². The van der Waals surface area contributed by atoms with Crippen LogP contribution in [0.2, 0.25) is 10.0 Å². The predicted octanol–water partition coefficient (Wildman–Crippen LogP) is 4.15. The van der Waals surface area contributed by atoms with Crippen LogP contribution in [0.3, 0.4) is 0 Å². The molecule has 42 heavy (non-hydrogen) atoms. The van der Waals surface area contributed by atoms with Crippen LogP contribution < -0.4 is 10.6 Å². The average molecular weight is 617 g/mol. The molecule has 3 amide bonds. The molecule has 7 rings (SSSR count). The summed E-state index contributed by atoms with van der Waals surface area (Å²) in [5, 5.41) is 27.8. The summed E-state index contributed by atoms with van der Waals surface area (Å²) in [5.41, 5.74) is -0.942. The first-order valence-electron chi connectivity index (χ1n) is 14.0. The van der Waals surface area contributed by atoms with Crippen molar-refractivity contribution in [2.75, 3.05) is 6.54 Å². The highest BCUT2D eigenvalue weighted by Crippen LogP contribution is 2.54. The zero-order valence-electron chi connectivity index (χ0n) is 22.4. The van der Waals surface area contributed by atoms with Gasteiger partial charge in [-0.2, -0.15) is 5.26 Å². The summed E-state index contributed by atoms with van der Waals surface area (Å²) in [5.74, 6) is -7.35. The fourth-order valence-electron chi connectivity index (χ4n) is 7.21. The number of halogens is 4. The van der Waals surface area contributed by atoms with Crippen LogP contribution in [0.15, 0.2) is 36.4 Å². The van der Waals surface area contributed by atoms with Gasteiger partial charge < -0.3 is 20.6 Å². The molecule has 2 aliphatic carbocycles. The first-order valence-corrected chi connectivity index (χ1v) is 14.7. The molecule has 3 aliphatic heterocycles. The van der Waals surface area contributed by atoms with E-state index >= 15 is 8.78 Å². The Labute approximate surface area is 251 Å². The predicted molar refractivity (Wildman–Crippen MR) is 150 cm³/mol. The van der Waals surface area contributed by atoms with Crippen molar-refractivity contribution in [1.82, 2.24) is 15.5 Å². The van der Waals surface area contributed by atoms with Crippen LogP contribution >= 0.6 is 23.2 Å². The van der Waals surface area contributed by atoms with Crippen LogP contribution in [0.5, 0.6) is 0 Å². The summed E-state index contributed by atoms with van der Waals surface area (Å²) >= 11 is 12.5. The van der Waals surface area contributed by atoms with Crippen LogP contribution in [0.1, 0.15) is 49.7 Å². The number of fused-ring (bicyclic) bond motifs is 6. The maximum atomic E-state index is 15.3. The Hall–Kier alpha value is -3.26. The zero-order chi connectivity index (χ0) is 30.0. The van der Waals surface area contributed by atoms with E-state index in [0.29, 0.717) is 24.1 Å². The van der Waals surface area contributed by atoms with Crippen LogP contribution in [0, 0.1) is 23.2 Å². The molecule has 0 spiro atoms. The molecule has 3 heterocycles. The highest BCUT2D eigenvalue weighted by molar-refractivity contribution is 6.31. The van der Waals surface area contributed by atoms with E-state index < -0.39 is 59.7 Å². The van der Waals surface area contributed by atoms with E-state index in [1.807, 2.05) is 6.07 Å². The second kappa shape index (κ2) is 10.5. The van der Waals surface area contributed by atoms with Gasteiger partial charge in [-0.3, -0.25) is 14.4 Å². The van der Waals surface area contributed by atoms with Crippen LogP contribution in [0.25, 0.3) is 11.1 Å². The molecule has 2 aromatic rings. The topological polar surface area (TPSA) is 123 Å². The third kappa shape index (κ3) is 4.53. The van der Waals surface area contributed by atoms with Crippen LogP contribution in [0.4, 0.5) is 8.78 Å². The number of carbonyl (C=O) groups is 3. The Bertz CT molecular complexity index is 1480. The van der Waals surface area contributed by atoms with E-state index in [4.69, 9.17) is 23.2 Å². The Morgan fingerprint density at radius 3 is 2.33 bits per heavy atom. The lowest BCUT2D eigenvalue weighted by molar-refractivity contribution is -0.201. The van der Waals surface area contributed by atoms with Gasteiger partial charge in [0.05, 0.1) is 12.0 Å². The van der Waals surface area contributed by atoms with Crippen molar-refractivity contribution in [3.8, 4) is 17.2 Å². The molecule has 1 saturated carbocycles. The minimum absolute atomic E-state index is 0.00889. The molecule has 0 unspecified atom stereocenters. The number of piperidine rings is 3. The maximum absolute atomic E-state index is 15.3. The number of hydrogen-bond acceptors (Lipinski definition) is 5. The number of aliphatic hydroxyl groups is 1. The molecule has 5 atom stereocenters. The summed E-state index contributed by atoms with van der Waals surface area (Å²) in [7, 11) is 0. The lowest BCUT2D eigenvalue weighted by atomic mass is 9.70. The smallest absolute Gasteiger partial charge is 0.264 e. The van der Waals surface area contributed by atoms with Gasteiger partial charge >= 0.3 is 0 Å². The van der Waals surface area contributed by atoms with Crippen molar-refractivity contribution >= 4 is 40.9 Å². The minimum Gasteiger partial charge on any atom is -0.372 e. The molecule has 0 aromatic heterocycles. The van der Waals surface area contributed by atoms with Gasteiger partial charge in [0.15, 0.2) is 5.60 Å². The second-order valence-corrected chi connectivity index (χ2v) is 12.5. The third-order valence-corrected chi connectivity index (χ3v) is 9.64. The van der Waals surface area contributed by atoms with E-state index in [-0.39, 0.29) is 46.3 Å². The normalized spacial score (nSPS) is 27.3. The number of carbonyl (C=O) groups excluding carboxylic acids is 3. The van der Waals surface area contributed by atoms with Gasteiger partial charge in [0.25, 0.3) is 11.8 Å². The molecule has 220 valence electrons. The van der Waals surface area contributed by atoms with E-state index in [1.165, 1.54) is 12.1 Å². The standard InChI is InChI=1S/C30H28Cl2F2N4O4/c31-16-3-6-20-21-7-4-17(32)12-24(21)30(42,23(20)11-16)28(41)38-19-5-8-22(29(33,34)13-19)25(38)27(40)37-18(14-35)10-15-2-1-9-36-26(15)39/h3-4,6-7,11-12,15,18-19,22,25,42H,1-2,5,8-10,13H2,(H,36,39)(H,37,40)/t15-,18-,19+,22+,25+/m0/s1. The molecular weight excluding hydrogens is 589 g/mol. The highest BCUT2D eigenvalue weighted by Gasteiger charge is 2.63. The van der Waals surface area contributed by atoms with Gasteiger partial charge in [-0.15, -0.1) is 0 Å². The zero-order valence-corrected chi connectivity index (χ0v) is 23.9. The van der Waals surface area contributed by atoms with Crippen molar-refractivity contribution in [2.45, 2.75) is 68.2 Å². The lowest BCUT2D eigenvalue weighted by Gasteiger charge is -2.54. The van der Waals surface area contributed by atoms with Gasteiger partial charge in [-0.25, -0.2) is 8.78 Å². The number of amides is 3. The van der Waals surface area contributed by atoms with E-state index in [1.54, 1.807) is 24.3 Å². The third-order valence-electron chi connectivity index (χ3n) is 9.17. The van der Waals surface area contributed by atoms with E-state index in [9.17, 15) is 24.8 Å². The van der Waals surface area contributed by atoms with Gasteiger partial charge in [-0.05, 0) is 67.5 Å². The van der Waals surface area contributed by atoms with Crippen LogP contribution in [-0.2, 0) is 20.0 Å². The maximum Gasteiger partial charge on any atom is 0.264 e.